The Hall–Kier alpha value is -4.20. The lowest BCUT2D eigenvalue weighted by Crippen LogP contribution is -2.03. The van der Waals surface area contributed by atoms with Gasteiger partial charge in [-0.3, -0.25) is 4.79 Å². The molecule has 0 unspecified atom stereocenters. The topological polar surface area (TPSA) is 104 Å². The van der Waals surface area contributed by atoms with E-state index >= 15 is 0 Å². The number of hydrogen-bond donors (Lipinski definition) is 4. The molecule has 1 aliphatic rings. The van der Waals surface area contributed by atoms with E-state index in [2.05, 4.69) is 20.6 Å². The molecule has 0 saturated heterocycles. The summed E-state index contributed by atoms with van der Waals surface area (Å²) in [5.74, 6) is 1.74. The standard InChI is InChI=1S/C22H19N5O3/c1-29-17-6-4-3-5-13(17)25-22-26-15-8-7-14-19(20(15)27-22)12(21(28)24-14)11-16-18(30-2)9-10-23-16/h3-11,23H,1-2H3,(H,24,28)(H2,25,26,27). The van der Waals surface area contributed by atoms with E-state index in [0.29, 0.717) is 28.5 Å². The lowest BCUT2D eigenvalue weighted by atomic mass is 10.0. The molecule has 0 saturated carbocycles. The van der Waals surface area contributed by atoms with Crippen molar-refractivity contribution in [1.29, 1.82) is 0 Å². The molecular formula is C22H19N5O3. The third-order valence-electron chi connectivity index (χ3n) is 5.02. The molecule has 5 rings (SSSR count). The van der Waals surface area contributed by atoms with Crippen molar-refractivity contribution in [3.63, 3.8) is 0 Å². The Kier molecular flexibility index (Phi) is 4.17. The fraction of sp³-hybridized carbons (Fsp3) is 0.0909. The van der Waals surface area contributed by atoms with Crippen molar-refractivity contribution < 1.29 is 14.3 Å². The zero-order valence-corrected chi connectivity index (χ0v) is 16.4. The van der Waals surface area contributed by atoms with Crippen molar-refractivity contribution in [2.24, 2.45) is 0 Å². The Bertz CT molecular complexity index is 1300. The summed E-state index contributed by atoms with van der Waals surface area (Å²) in [4.78, 5) is 23.8. The molecule has 1 amide bonds. The largest absolute Gasteiger partial charge is 0.495 e. The fourth-order valence-corrected chi connectivity index (χ4v) is 3.63. The quantitative estimate of drug-likeness (QED) is 0.376. The summed E-state index contributed by atoms with van der Waals surface area (Å²) in [6.45, 7) is 0. The average Bonchev–Trinajstić information content (AvgIpc) is 3.45. The Balaban J connectivity index is 1.60. The summed E-state index contributed by atoms with van der Waals surface area (Å²) < 4.78 is 10.7. The van der Waals surface area contributed by atoms with Crippen molar-refractivity contribution >= 4 is 45.9 Å². The van der Waals surface area contributed by atoms with Gasteiger partial charge in [0.1, 0.15) is 17.0 Å². The zero-order valence-electron chi connectivity index (χ0n) is 16.4. The number of nitrogens with zero attached hydrogens (tertiary/aromatic N) is 1. The van der Waals surface area contributed by atoms with Crippen molar-refractivity contribution in [1.82, 2.24) is 15.0 Å². The van der Waals surface area contributed by atoms with Gasteiger partial charge in [0, 0.05) is 11.8 Å². The monoisotopic (exact) mass is 401 g/mol. The number of carbonyl (C=O) groups is 1. The summed E-state index contributed by atoms with van der Waals surface area (Å²) in [7, 11) is 3.21. The Morgan fingerprint density at radius 2 is 1.87 bits per heavy atom. The number of para-hydroxylation sites is 2. The lowest BCUT2D eigenvalue weighted by molar-refractivity contribution is -0.110. The molecule has 0 aliphatic carbocycles. The molecule has 0 fully saturated rings. The third kappa shape index (κ3) is 2.86. The molecular weight excluding hydrogens is 382 g/mol. The van der Waals surface area contributed by atoms with Crippen LogP contribution in [0, 0.1) is 0 Å². The Labute approximate surface area is 171 Å². The van der Waals surface area contributed by atoms with Crippen molar-refractivity contribution in [2.75, 3.05) is 24.9 Å². The van der Waals surface area contributed by atoms with Gasteiger partial charge < -0.3 is 30.1 Å². The number of nitrogens with one attached hydrogen (secondary N) is 4. The van der Waals surface area contributed by atoms with Crippen LogP contribution >= 0.6 is 0 Å². The van der Waals surface area contributed by atoms with Crippen LogP contribution in [0.4, 0.5) is 17.3 Å². The minimum atomic E-state index is -0.184. The van der Waals surface area contributed by atoms with Crippen LogP contribution in [0.15, 0.2) is 48.7 Å². The first-order valence-corrected chi connectivity index (χ1v) is 9.35. The second kappa shape index (κ2) is 7.00. The first-order valence-electron chi connectivity index (χ1n) is 9.35. The van der Waals surface area contributed by atoms with Crippen molar-refractivity contribution in [3.05, 3.63) is 59.9 Å². The van der Waals surface area contributed by atoms with Crippen LogP contribution in [-0.2, 0) is 4.79 Å². The number of hydrogen-bond acceptors (Lipinski definition) is 5. The van der Waals surface area contributed by atoms with Gasteiger partial charge in [0.05, 0.1) is 42.4 Å². The molecule has 8 heteroatoms. The Morgan fingerprint density at radius 3 is 2.70 bits per heavy atom. The molecule has 0 radical (unpaired) electrons. The zero-order chi connectivity index (χ0) is 20.7. The van der Waals surface area contributed by atoms with Crippen LogP contribution in [0.25, 0.3) is 22.7 Å². The molecule has 30 heavy (non-hydrogen) atoms. The molecule has 0 spiro atoms. The molecule has 4 aromatic rings. The molecule has 0 bridgehead atoms. The highest BCUT2D eigenvalue weighted by Gasteiger charge is 2.28. The summed E-state index contributed by atoms with van der Waals surface area (Å²) >= 11 is 0. The summed E-state index contributed by atoms with van der Waals surface area (Å²) in [5, 5.41) is 6.16. The number of fused-ring (bicyclic) bond motifs is 3. The van der Waals surface area contributed by atoms with Gasteiger partial charge in [-0.15, -0.1) is 0 Å². The maximum absolute atomic E-state index is 12.7. The van der Waals surface area contributed by atoms with Gasteiger partial charge in [0.25, 0.3) is 5.91 Å². The maximum Gasteiger partial charge on any atom is 0.256 e. The highest BCUT2D eigenvalue weighted by atomic mass is 16.5. The average molecular weight is 401 g/mol. The van der Waals surface area contributed by atoms with E-state index in [1.54, 1.807) is 26.5 Å². The maximum atomic E-state index is 12.7. The number of H-pyrrole nitrogens is 2. The first-order chi connectivity index (χ1) is 14.7. The molecule has 8 nitrogen and oxygen atoms in total. The smallest absolute Gasteiger partial charge is 0.256 e. The van der Waals surface area contributed by atoms with Gasteiger partial charge >= 0.3 is 0 Å². The SMILES string of the molecule is COc1ccccc1Nc1nc2c3c(ccc2[nH]1)NC(=O)C3=Cc1[nH]ccc1OC. The number of aromatic nitrogens is 3. The highest BCUT2D eigenvalue weighted by Crippen LogP contribution is 2.39. The lowest BCUT2D eigenvalue weighted by Gasteiger charge is -2.08. The van der Waals surface area contributed by atoms with E-state index < -0.39 is 0 Å². The van der Waals surface area contributed by atoms with E-state index in [1.165, 1.54) is 0 Å². The summed E-state index contributed by atoms with van der Waals surface area (Å²) in [5.41, 5.74) is 5.00. The number of rotatable bonds is 5. The number of amides is 1. The van der Waals surface area contributed by atoms with Crippen LogP contribution in [0.5, 0.6) is 11.5 Å². The van der Waals surface area contributed by atoms with Crippen LogP contribution in [0.2, 0.25) is 0 Å². The van der Waals surface area contributed by atoms with Gasteiger partial charge in [0.15, 0.2) is 0 Å². The van der Waals surface area contributed by atoms with Crippen molar-refractivity contribution in [3.8, 4) is 11.5 Å². The fourth-order valence-electron chi connectivity index (χ4n) is 3.63. The van der Waals surface area contributed by atoms with Crippen LogP contribution in [0.1, 0.15) is 11.3 Å². The number of anilines is 3. The van der Waals surface area contributed by atoms with Crippen LogP contribution in [-0.4, -0.2) is 35.1 Å². The molecule has 1 aliphatic heterocycles. The minimum Gasteiger partial charge on any atom is -0.495 e. The van der Waals surface area contributed by atoms with Gasteiger partial charge in [-0.1, -0.05) is 12.1 Å². The minimum absolute atomic E-state index is 0.184. The first kappa shape index (κ1) is 17.9. The Morgan fingerprint density at radius 1 is 1.03 bits per heavy atom. The number of benzene rings is 2. The van der Waals surface area contributed by atoms with Gasteiger partial charge in [-0.2, -0.15) is 0 Å². The second-order valence-electron chi connectivity index (χ2n) is 6.77. The number of imidazole rings is 1. The van der Waals surface area contributed by atoms with Crippen molar-refractivity contribution in [2.45, 2.75) is 0 Å². The van der Waals surface area contributed by atoms with E-state index in [0.717, 1.165) is 28.1 Å². The second-order valence-corrected chi connectivity index (χ2v) is 6.77. The number of ether oxygens (including phenoxy) is 2. The van der Waals surface area contributed by atoms with E-state index in [-0.39, 0.29) is 5.91 Å². The van der Waals surface area contributed by atoms with Gasteiger partial charge in [-0.05, 0) is 36.4 Å². The molecule has 3 heterocycles. The molecule has 4 N–H and O–H groups in total. The normalized spacial score (nSPS) is 14.1. The number of methoxy groups -OCH3 is 2. The predicted octanol–water partition coefficient (Wildman–Crippen LogP) is 4.14. The third-order valence-corrected chi connectivity index (χ3v) is 5.02. The number of carbonyl (C=O) groups excluding carboxylic acids is 1. The summed E-state index contributed by atoms with van der Waals surface area (Å²) in [6.07, 6.45) is 3.55. The van der Waals surface area contributed by atoms with Gasteiger partial charge in [0.2, 0.25) is 5.95 Å². The van der Waals surface area contributed by atoms with Crippen LogP contribution < -0.4 is 20.1 Å². The molecule has 0 atom stereocenters. The van der Waals surface area contributed by atoms with E-state index in [9.17, 15) is 4.79 Å². The highest BCUT2D eigenvalue weighted by molar-refractivity contribution is 6.37. The van der Waals surface area contributed by atoms with Crippen LogP contribution in [0.3, 0.4) is 0 Å². The molecule has 2 aromatic carbocycles. The molecule has 2 aromatic heterocycles. The van der Waals surface area contributed by atoms with E-state index in [4.69, 9.17) is 14.5 Å². The van der Waals surface area contributed by atoms with Gasteiger partial charge in [-0.25, -0.2) is 4.98 Å². The summed E-state index contributed by atoms with van der Waals surface area (Å²) in [6, 6.07) is 13.2. The predicted molar refractivity (Wildman–Crippen MR) is 116 cm³/mol. The number of aromatic amines is 2. The molecule has 150 valence electrons. The van der Waals surface area contributed by atoms with E-state index in [1.807, 2.05) is 42.5 Å².